The van der Waals surface area contributed by atoms with Crippen LogP contribution in [0, 0.1) is 11.3 Å². The molecule has 5 heteroatoms. The number of nitrogens with zero attached hydrogens (tertiary/aromatic N) is 1. The van der Waals surface area contributed by atoms with Gasteiger partial charge in [0.05, 0.1) is 11.6 Å². The second-order valence-electron chi connectivity index (χ2n) is 7.07. The molecule has 5 nitrogen and oxygen atoms in total. The zero-order valence-corrected chi connectivity index (χ0v) is 14.5. The van der Waals surface area contributed by atoms with Gasteiger partial charge in [-0.3, -0.25) is 4.79 Å². The topological polar surface area (TPSA) is 79.2 Å². The largest absolute Gasteiger partial charge is 0.452 e. The number of benzene rings is 1. The van der Waals surface area contributed by atoms with E-state index in [4.69, 9.17) is 4.74 Å². The predicted octanol–water partition coefficient (Wildman–Crippen LogP) is 3.06. The smallest absolute Gasteiger partial charge is 0.338 e. The van der Waals surface area contributed by atoms with Gasteiger partial charge in [-0.05, 0) is 61.8 Å². The molecule has 1 aromatic rings. The standard InChI is InChI=1S/C20H24N2O3/c21-14-20(10-4-1-5-11-20)22-18(23)13-25-19(24)17-9-8-15-6-2-3-7-16(15)12-17/h8-9,12H,1-7,10-11,13H2,(H,22,23). The summed E-state index contributed by atoms with van der Waals surface area (Å²) in [6.45, 7) is -0.348. The number of rotatable bonds is 4. The molecule has 1 aromatic carbocycles. The average molecular weight is 340 g/mol. The minimum Gasteiger partial charge on any atom is -0.452 e. The van der Waals surface area contributed by atoms with Crippen molar-refractivity contribution in [1.29, 1.82) is 5.26 Å². The Labute approximate surface area is 148 Å². The van der Waals surface area contributed by atoms with Gasteiger partial charge in [0.2, 0.25) is 0 Å². The van der Waals surface area contributed by atoms with Gasteiger partial charge in [-0.2, -0.15) is 5.26 Å². The second kappa shape index (κ2) is 7.69. The Balaban J connectivity index is 1.55. The molecule has 1 fully saturated rings. The Morgan fingerprint density at radius 1 is 1.08 bits per heavy atom. The number of amides is 1. The van der Waals surface area contributed by atoms with Crippen molar-refractivity contribution in [3.05, 3.63) is 34.9 Å². The third-order valence-electron chi connectivity index (χ3n) is 5.22. The SMILES string of the molecule is N#CC1(NC(=O)COC(=O)c2ccc3c(c2)CCCC3)CCCCC1. The fourth-order valence-electron chi connectivity index (χ4n) is 3.80. The fourth-order valence-corrected chi connectivity index (χ4v) is 3.80. The van der Waals surface area contributed by atoms with Crippen molar-refractivity contribution < 1.29 is 14.3 Å². The highest BCUT2D eigenvalue weighted by Gasteiger charge is 2.33. The second-order valence-corrected chi connectivity index (χ2v) is 7.07. The molecule has 1 saturated carbocycles. The Morgan fingerprint density at radius 2 is 1.80 bits per heavy atom. The van der Waals surface area contributed by atoms with Crippen LogP contribution >= 0.6 is 0 Å². The van der Waals surface area contributed by atoms with Gasteiger partial charge in [0, 0.05) is 0 Å². The van der Waals surface area contributed by atoms with Gasteiger partial charge in [-0.25, -0.2) is 4.79 Å². The number of esters is 1. The number of nitrogens with one attached hydrogen (secondary N) is 1. The van der Waals surface area contributed by atoms with Gasteiger partial charge in [-0.15, -0.1) is 0 Å². The summed E-state index contributed by atoms with van der Waals surface area (Å²) >= 11 is 0. The lowest BCUT2D eigenvalue weighted by molar-refractivity contribution is -0.125. The van der Waals surface area contributed by atoms with Crippen LogP contribution in [-0.2, 0) is 22.4 Å². The number of hydrogen-bond donors (Lipinski definition) is 1. The van der Waals surface area contributed by atoms with E-state index in [2.05, 4.69) is 11.4 Å². The van der Waals surface area contributed by atoms with Gasteiger partial charge in [0.25, 0.3) is 5.91 Å². The quantitative estimate of drug-likeness (QED) is 0.854. The van der Waals surface area contributed by atoms with Gasteiger partial charge < -0.3 is 10.1 Å². The molecule has 0 bridgehead atoms. The van der Waals surface area contributed by atoms with Crippen LogP contribution in [0.25, 0.3) is 0 Å². The molecule has 0 heterocycles. The van der Waals surface area contributed by atoms with E-state index in [9.17, 15) is 14.9 Å². The lowest BCUT2D eigenvalue weighted by Gasteiger charge is -2.31. The number of carbonyl (C=O) groups is 2. The lowest BCUT2D eigenvalue weighted by atomic mass is 9.83. The number of fused-ring (bicyclic) bond motifs is 1. The molecule has 2 aliphatic rings. The molecule has 1 amide bonds. The van der Waals surface area contributed by atoms with Crippen molar-refractivity contribution in [1.82, 2.24) is 5.32 Å². The summed E-state index contributed by atoms with van der Waals surface area (Å²) < 4.78 is 5.15. The molecular formula is C20H24N2O3. The maximum Gasteiger partial charge on any atom is 0.338 e. The van der Waals surface area contributed by atoms with Crippen molar-refractivity contribution in [3.63, 3.8) is 0 Å². The molecule has 3 rings (SSSR count). The maximum absolute atomic E-state index is 12.2. The number of ether oxygens (including phenoxy) is 1. The minimum atomic E-state index is -0.798. The molecule has 0 saturated heterocycles. The van der Waals surface area contributed by atoms with Crippen molar-refractivity contribution >= 4 is 11.9 Å². The first kappa shape index (κ1) is 17.5. The molecule has 0 unspecified atom stereocenters. The molecule has 1 N–H and O–H groups in total. The molecule has 0 aromatic heterocycles. The Morgan fingerprint density at radius 3 is 2.52 bits per heavy atom. The highest BCUT2D eigenvalue weighted by Crippen LogP contribution is 2.27. The van der Waals surface area contributed by atoms with Crippen molar-refractivity contribution in [2.45, 2.75) is 63.3 Å². The maximum atomic E-state index is 12.2. The molecule has 2 aliphatic carbocycles. The van der Waals surface area contributed by atoms with Gasteiger partial charge in [0.15, 0.2) is 6.61 Å². The molecule has 132 valence electrons. The van der Waals surface area contributed by atoms with E-state index in [0.717, 1.165) is 38.5 Å². The summed E-state index contributed by atoms with van der Waals surface area (Å²) in [5, 5.41) is 12.1. The van der Waals surface area contributed by atoms with Crippen LogP contribution in [0.2, 0.25) is 0 Å². The summed E-state index contributed by atoms with van der Waals surface area (Å²) in [5.74, 6) is -0.895. The number of carbonyl (C=O) groups excluding carboxylic acids is 2. The summed E-state index contributed by atoms with van der Waals surface area (Å²) in [6.07, 6.45) is 8.66. The first-order chi connectivity index (χ1) is 12.1. The zero-order chi connectivity index (χ0) is 17.7. The van der Waals surface area contributed by atoms with Crippen molar-refractivity contribution in [2.24, 2.45) is 0 Å². The van der Waals surface area contributed by atoms with Gasteiger partial charge >= 0.3 is 5.97 Å². The highest BCUT2D eigenvalue weighted by atomic mass is 16.5. The van der Waals surface area contributed by atoms with E-state index in [1.165, 1.54) is 17.5 Å². The van der Waals surface area contributed by atoms with Crippen molar-refractivity contribution in [3.8, 4) is 6.07 Å². The van der Waals surface area contributed by atoms with E-state index in [-0.39, 0.29) is 6.61 Å². The summed E-state index contributed by atoms with van der Waals surface area (Å²) in [7, 11) is 0. The summed E-state index contributed by atoms with van der Waals surface area (Å²) in [5.41, 5.74) is 2.19. The van der Waals surface area contributed by atoms with E-state index >= 15 is 0 Å². The first-order valence-corrected chi connectivity index (χ1v) is 9.13. The molecule has 0 radical (unpaired) electrons. The Bertz CT molecular complexity index is 699. The van der Waals surface area contributed by atoms with Crippen LogP contribution in [-0.4, -0.2) is 24.0 Å². The van der Waals surface area contributed by atoms with Crippen LogP contribution in [0.5, 0.6) is 0 Å². The van der Waals surface area contributed by atoms with Crippen LogP contribution in [0.1, 0.15) is 66.4 Å². The van der Waals surface area contributed by atoms with E-state index in [1.54, 1.807) is 6.07 Å². The molecule has 25 heavy (non-hydrogen) atoms. The number of aryl methyl sites for hydroxylation is 2. The highest BCUT2D eigenvalue weighted by molar-refractivity contribution is 5.91. The monoisotopic (exact) mass is 340 g/mol. The number of hydrogen-bond acceptors (Lipinski definition) is 4. The van der Waals surface area contributed by atoms with E-state index in [1.807, 2.05) is 12.1 Å². The third-order valence-corrected chi connectivity index (χ3v) is 5.22. The molecule has 0 spiro atoms. The average Bonchev–Trinajstić information content (AvgIpc) is 2.66. The molecule has 0 aliphatic heterocycles. The Hall–Kier alpha value is -2.35. The van der Waals surface area contributed by atoms with Gasteiger partial charge in [0.1, 0.15) is 5.54 Å². The van der Waals surface area contributed by atoms with Gasteiger partial charge in [-0.1, -0.05) is 25.3 Å². The first-order valence-electron chi connectivity index (χ1n) is 9.13. The molecular weight excluding hydrogens is 316 g/mol. The fraction of sp³-hybridized carbons (Fsp3) is 0.550. The van der Waals surface area contributed by atoms with Crippen LogP contribution in [0.4, 0.5) is 0 Å². The number of nitriles is 1. The van der Waals surface area contributed by atoms with E-state index in [0.29, 0.717) is 18.4 Å². The van der Waals surface area contributed by atoms with Crippen molar-refractivity contribution in [2.75, 3.05) is 6.61 Å². The zero-order valence-electron chi connectivity index (χ0n) is 14.5. The predicted molar refractivity (Wildman–Crippen MR) is 92.9 cm³/mol. The Kier molecular flexibility index (Phi) is 5.37. The van der Waals surface area contributed by atoms with Crippen LogP contribution in [0.3, 0.4) is 0 Å². The third kappa shape index (κ3) is 4.19. The van der Waals surface area contributed by atoms with Crippen LogP contribution < -0.4 is 5.32 Å². The minimum absolute atomic E-state index is 0.348. The normalized spacial score (nSPS) is 18.5. The summed E-state index contributed by atoms with van der Waals surface area (Å²) in [4.78, 5) is 24.3. The lowest BCUT2D eigenvalue weighted by Crippen LogP contribution is -2.50. The summed E-state index contributed by atoms with van der Waals surface area (Å²) in [6, 6.07) is 7.86. The van der Waals surface area contributed by atoms with E-state index < -0.39 is 17.4 Å². The van der Waals surface area contributed by atoms with Crippen LogP contribution in [0.15, 0.2) is 18.2 Å². The molecule has 0 atom stereocenters.